The molecule has 1 aromatic carbocycles. The van der Waals surface area contributed by atoms with E-state index in [1.165, 1.54) is 0 Å². The van der Waals surface area contributed by atoms with Gasteiger partial charge in [-0.25, -0.2) is 17.6 Å². The van der Waals surface area contributed by atoms with Gasteiger partial charge in [-0.1, -0.05) is 0 Å². The number of halogens is 4. The van der Waals surface area contributed by atoms with Crippen molar-refractivity contribution in [1.82, 2.24) is 5.43 Å². The first-order chi connectivity index (χ1) is 6.07. The predicted octanol–water partition coefficient (Wildman–Crippen LogP) is 1.21. The Balaban J connectivity index is 3.26. The smallest absolute Gasteiger partial charge is 0.194 e. The minimum Gasteiger partial charge on any atom is -0.271 e. The molecule has 1 rings (SSSR count). The van der Waals surface area contributed by atoms with Gasteiger partial charge in [0.05, 0.1) is 0 Å². The second-order valence-corrected chi connectivity index (χ2v) is 2.33. The van der Waals surface area contributed by atoms with Crippen LogP contribution in [0.5, 0.6) is 0 Å². The zero-order chi connectivity index (χ0) is 10.0. The van der Waals surface area contributed by atoms with Crippen LogP contribution in [0.25, 0.3) is 0 Å². The molecule has 1 aromatic rings. The highest BCUT2D eigenvalue weighted by molar-refractivity contribution is 5.22. The van der Waals surface area contributed by atoms with E-state index < -0.39 is 35.4 Å². The molecule has 0 aliphatic heterocycles. The first-order valence-electron chi connectivity index (χ1n) is 3.33. The number of hydrazine groups is 1. The summed E-state index contributed by atoms with van der Waals surface area (Å²) in [7, 11) is 0. The van der Waals surface area contributed by atoms with Gasteiger partial charge in [-0.05, 0) is 0 Å². The van der Waals surface area contributed by atoms with Gasteiger partial charge in [-0.3, -0.25) is 11.3 Å². The van der Waals surface area contributed by atoms with E-state index in [2.05, 4.69) is 0 Å². The van der Waals surface area contributed by atoms with Gasteiger partial charge in [0.2, 0.25) is 0 Å². The summed E-state index contributed by atoms with van der Waals surface area (Å²) in [5.41, 5.74) is 1.32. The molecular formula is C7H6F4N2. The van der Waals surface area contributed by atoms with Gasteiger partial charge in [0, 0.05) is 18.2 Å². The maximum atomic E-state index is 12.8. The lowest BCUT2D eigenvalue weighted by Gasteiger charge is -2.04. The van der Waals surface area contributed by atoms with Gasteiger partial charge >= 0.3 is 0 Å². The molecule has 0 saturated carbocycles. The van der Waals surface area contributed by atoms with E-state index in [9.17, 15) is 17.6 Å². The van der Waals surface area contributed by atoms with E-state index in [1.807, 2.05) is 5.43 Å². The highest BCUT2D eigenvalue weighted by Gasteiger charge is 2.17. The van der Waals surface area contributed by atoms with Crippen molar-refractivity contribution >= 4 is 0 Å². The van der Waals surface area contributed by atoms with Crippen molar-refractivity contribution in [2.75, 3.05) is 0 Å². The second kappa shape index (κ2) is 3.71. The minimum absolute atomic E-state index is 0.269. The summed E-state index contributed by atoms with van der Waals surface area (Å²) >= 11 is 0. The van der Waals surface area contributed by atoms with Gasteiger partial charge in [-0.2, -0.15) is 0 Å². The molecule has 0 saturated heterocycles. The van der Waals surface area contributed by atoms with E-state index in [1.54, 1.807) is 0 Å². The Kier molecular flexibility index (Phi) is 2.84. The van der Waals surface area contributed by atoms with Crippen molar-refractivity contribution in [2.24, 2.45) is 5.84 Å². The van der Waals surface area contributed by atoms with Gasteiger partial charge < -0.3 is 0 Å². The number of hydrogen-bond acceptors (Lipinski definition) is 2. The Morgan fingerprint density at radius 3 is 2.23 bits per heavy atom. The summed E-state index contributed by atoms with van der Waals surface area (Å²) in [6.45, 7) is -0.408. The monoisotopic (exact) mass is 194 g/mol. The minimum atomic E-state index is -1.70. The average Bonchev–Trinajstić information content (AvgIpc) is 2.09. The molecular weight excluding hydrogens is 188 g/mol. The van der Waals surface area contributed by atoms with Crippen LogP contribution in [0.2, 0.25) is 0 Å². The highest BCUT2D eigenvalue weighted by Crippen LogP contribution is 2.18. The Labute approximate surface area is 71.3 Å². The van der Waals surface area contributed by atoms with Crippen LogP contribution in [0.1, 0.15) is 5.56 Å². The van der Waals surface area contributed by atoms with Crippen LogP contribution in [0.3, 0.4) is 0 Å². The largest absolute Gasteiger partial charge is 0.271 e. The zero-order valence-corrected chi connectivity index (χ0v) is 6.37. The highest BCUT2D eigenvalue weighted by atomic mass is 19.2. The summed E-state index contributed by atoms with van der Waals surface area (Å²) < 4.78 is 50.4. The molecule has 0 amide bonds. The summed E-state index contributed by atoms with van der Waals surface area (Å²) in [4.78, 5) is 0. The van der Waals surface area contributed by atoms with Crippen LogP contribution in [0, 0.1) is 23.3 Å². The SMILES string of the molecule is NNCc1c(F)cc(F)c(F)c1F. The van der Waals surface area contributed by atoms with Gasteiger partial charge in [0.25, 0.3) is 0 Å². The quantitative estimate of drug-likeness (QED) is 0.244. The van der Waals surface area contributed by atoms with E-state index in [-0.39, 0.29) is 6.07 Å². The van der Waals surface area contributed by atoms with E-state index in [4.69, 9.17) is 5.84 Å². The third-order valence-corrected chi connectivity index (χ3v) is 1.49. The fourth-order valence-electron chi connectivity index (χ4n) is 0.868. The molecule has 0 radical (unpaired) electrons. The number of benzene rings is 1. The Morgan fingerprint density at radius 2 is 1.69 bits per heavy atom. The molecule has 0 heterocycles. The third kappa shape index (κ3) is 1.78. The molecule has 0 aliphatic rings. The number of nitrogens with one attached hydrogen (secondary N) is 1. The van der Waals surface area contributed by atoms with Crippen LogP contribution >= 0.6 is 0 Å². The molecule has 0 bridgehead atoms. The molecule has 0 aliphatic carbocycles. The fourth-order valence-corrected chi connectivity index (χ4v) is 0.868. The van der Waals surface area contributed by atoms with Crippen molar-refractivity contribution < 1.29 is 17.6 Å². The predicted molar refractivity (Wildman–Crippen MR) is 37.3 cm³/mol. The standard InChI is InChI=1S/C7H6F4N2/c8-4-1-5(9)7(11)6(10)3(4)2-13-12/h1,13H,2,12H2. The first kappa shape index (κ1) is 9.94. The molecule has 6 heteroatoms. The topological polar surface area (TPSA) is 38.0 Å². The van der Waals surface area contributed by atoms with Crippen molar-refractivity contribution in [3.8, 4) is 0 Å². The van der Waals surface area contributed by atoms with Crippen LogP contribution in [0.15, 0.2) is 6.07 Å². The summed E-state index contributed by atoms with van der Waals surface area (Å²) in [5.74, 6) is -1.21. The summed E-state index contributed by atoms with van der Waals surface area (Å²) in [6.07, 6.45) is 0. The molecule has 72 valence electrons. The van der Waals surface area contributed by atoms with Gasteiger partial charge in [-0.15, -0.1) is 0 Å². The molecule has 13 heavy (non-hydrogen) atoms. The molecule has 3 N–H and O–H groups in total. The molecule has 0 aromatic heterocycles. The Bertz CT molecular complexity index is 327. The summed E-state index contributed by atoms with van der Waals surface area (Å²) in [5, 5.41) is 0. The maximum absolute atomic E-state index is 12.8. The Hall–Kier alpha value is -1.14. The second-order valence-electron chi connectivity index (χ2n) is 2.33. The number of rotatable bonds is 2. The van der Waals surface area contributed by atoms with Crippen molar-refractivity contribution in [3.63, 3.8) is 0 Å². The van der Waals surface area contributed by atoms with Crippen LogP contribution in [-0.4, -0.2) is 0 Å². The molecule has 0 spiro atoms. The normalized spacial score (nSPS) is 10.5. The van der Waals surface area contributed by atoms with E-state index in [0.717, 1.165) is 0 Å². The lowest BCUT2D eigenvalue weighted by Crippen LogP contribution is -2.23. The lowest BCUT2D eigenvalue weighted by atomic mass is 10.2. The third-order valence-electron chi connectivity index (χ3n) is 1.49. The molecule has 0 unspecified atom stereocenters. The van der Waals surface area contributed by atoms with Crippen molar-refractivity contribution in [2.45, 2.75) is 6.54 Å². The maximum Gasteiger partial charge on any atom is 0.194 e. The first-order valence-corrected chi connectivity index (χ1v) is 3.33. The van der Waals surface area contributed by atoms with E-state index in [0.29, 0.717) is 0 Å². The Morgan fingerprint density at radius 1 is 1.08 bits per heavy atom. The van der Waals surface area contributed by atoms with Crippen LogP contribution < -0.4 is 11.3 Å². The number of nitrogens with two attached hydrogens (primary N) is 1. The van der Waals surface area contributed by atoms with Crippen LogP contribution in [0.4, 0.5) is 17.6 Å². The molecule has 2 nitrogen and oxygen atoms in total. The van der Waals surface area contributed by atoms with E-state index >= 15 is 0 Å². The molecule has 0 atom stereocenters. The van der Waals surface area contributed by atoms with Crippen LogP contribution in [-0.2, 0) is 6.54 Å². The fraction of sp³-hybridized carbons (Fsp3) is 0.143. The van der Waals surface area contributed by atoms with Crippen molar-refractivity contribution in [3.05, 3.63) is 34.9 Å². The van der Waals surface area contributed by atoms with Gasteiger partial charge in [0.15, 0.2) is 17.5 Å². The lowest BCUT2D eigenvalue weighted by molar-refractivity contribution is 0.421. The summed E-state index contributed by atoms with van der Waals surface area (Å²) in [6, 6.07) is 0.269. The number of hydrogen-bond donors (Lipinski definition) is 2. The zero-order valence-electron chi connectivity index (χ0n) is 6.37. The van der Waals surface area contributed by atoms with Gasteiger partial charge in [0.1, 0.15) is 5.82 Å². The molecule has 0 fully saturated rings. The van der Waals surface area contributed by atoms with Crippen molar-refractivity contribution in [1.29, 1.82) is 0 Å². The average molecular weight is 194 g/mol.